The molecule has 1 aliphatic rings. The first-order chi connectivity index (χ1) is 17.2. The van der Waals surface area contributed by atoms with E-state index >= 15 is 0 Å². The monoisotopic (exact) mass is 527 g/mol. The minimum absolute atomic E-state index is 0.0184. The molecule has 2 aromatic heterocycles. The molecule has 0 atom stereocenters. The Labute approximate surface area is 220 Å². The maximum Gasteiger partial charge on any atom is 0.229 e. The Bertz CT molecular complexity index is 1190. The maximum absolute atomic E-state index is 12.8. The largest absolute Gasteiger partial charge is 0.444 e. The fourth-order valence-corrected chi connectivity index (χ4v) is 5.74. The van der Waals surface area contributed by atoms with Gasteiger partial charge >= 0.3 is 0 Å². The molecule has 3 aromatic rings. The van der Waals surface area contributed by atoms with Crippen LogP contribution in [-0.4, -0.2) is 39.8 Å². The van der Waals surface area contributed by atoms with Crippen molar-refractivity contribution in [2.45, 2.75) is 62.5 Å². The van der Waals surface area contributed by atoms with Gasteiger partial charge in [0, 0.05) is 30.5 Å². The molecular formula is C26H33N5O3S2. The lowest BCUT2D eigenvalue weighted by atomic mass is 9.94. The van der Waals surface area contributed by atoms with Crippen molar-refractivity contribution in [3.8, 4) is 0 Å². The van der Waals surface area contributed by atoms with Gasteiger partial charge in [-0.25, -0.2) is 9.97 Å². The van der Waals surface area contributed by atoms with Crippen LogP contribution in [0.25, 0.3) is 0 Å². The molecule has 1 aliphatic heterocycles. The highest BCUT2D eigenvalue weighted by Gasteiger charge is 2.26. The Morgan fingerprint density at radius 3 is 2.64 bits per heavy atom. The van der Waals surface area contributed by atoms with Gasteiger partial charge in [0.2, 0.25) is 17.7 Å². The van der Waals surface area contributed by atoms with E-state index < -0.39 is 0 Å². The third kappa shape index (κ3) is 7.41. The predicted octanol–water partition coefficient (Wildman–Crippen LogP) is 5.53. The van der Waals surface area contributed by atoms with Gasteiger partial charge in [0.25, 0.3) is 0 Å². The summed E-state index contributed by atoms with van der Waals surface area (Å²) in [6.07, 6.45) is 5.20. The lowest BCUT2D eigenvalue weighted by Crippen LogP contribution is -2.37. The zero-order chi connectivity index (χ0) is 25.7. The van der Waals surface area contributed by atoms with Gasteiger partial charge in [-0.15, -0.1) is 11.8 Å². The number of aromatic nitrogens is 2. The van der Waals surface area contributed by atoms with E-state index in [-0.39, 0.29) is 23.1 Å². The lowest BCUT2D eigenvalue weighted by Gasteiger charge is -2.31. The SMILES string of the molecule is CC(=O)Nc1cccc(CN2CCC(C(=O)Nc3ncc(SCc4ncc(C(C)(C)C)o4)s3)CC2)c1. The second-order valence-electron chi connectivity index (χ2n) is 10.1. The zero-order valence-electron chi connectivity index (χ0n) is 21.2. The molecule has 1 aromatic carbocycles. The number of hydrogen-bond acceptors (Lipinski definition) is 8. The number of rotatable bonds is 8. The molecule has 0 aliphatic carbocycles. The summed E-state index contributed by atoms with van der Waals surface area (Å²) in [5.74, 6) is 2.13. The minimum atomic E-state index is -0.0749. The van der Waals surface area contributed by atoms with Crippen LogP contribution in [-0.2, 0) is 27.3 Å². The number of benzene rings is 1. The van der Waals surface area contributed by atoms with Crippen molar-refractivity contribution < 1.29 is 14.0 Å². The van der Waals surface area contributed by atoms with Crippen molar-refractivity contribution in [3.63, 3.8) is 0 Å². The van der Waals surface area contributed by atoms with Gasteiger partial charge in [0.15, 0.2) is 5.13 Å². The van der Waals surface area contributed by atoms with E-state index in [0.29, 0.717) is 16.8 Å². The van der Waals surface area contributed by atoms with Crippen molar-refractivity contribution in [2.24, 2.45) is 5.92 Å². The predicted molar refractivity (Wildman–Crippen MR) is 144 cm³/mol. The van der Waals surface area contributed by atoms with Crippen LogP contribution in [0.5, 0.6) is 0 Å². The summed E-state index contributed by atoms with van der Waals surface area (Å²) in [5, 5.41) is 6.46. The van der Waals surface area contributed by atoms with Gasteiger partial charge in [-0.3, -0.25) is 14.5 Å². The first-order valence-corrected chi connectivity index (χ1v) is 13.9. The topological polar surface area (TPSA) is 100 Å². The molecule has 2 N–H and O–H groups in total. The molecule has 2 amide bonds. The molecule has 192 valence electrons. The smallest absolute Gasteiger partial charge is 0.229 e. The van der Waals surface area contributed by atoms with E-state index in [0.717, 1.165) is 53.7 Å². The number of thiazole rings is 1. The average Bonchev–Trinajstić information content (AvgIpc) is 3.47. The van der Waals surface area contributed by atoms with E-state index in [9.17, 15) is 9.59 Å². The molecule has 1 fully saturated rings. The van der Waals surface area contributed by atoms with Gasteiger partial charge < -0.3 is 15.1 Å². The fourth-order valence-electron chi connectivity index (χ4n) is 4.01. The average molecular weight is 528 g/mol. The number of thioether (sulfide) groups is 1. The van der Waals surface area contributed by atoms with E-state index in [2.05, 4.69) is 52.3 Å². The quantitative estimate of drug-likeness (QED) is 0.372. The van der Waals surface area contributed by atoms with Crippen LogP contribution >= 0.6 is 23.1 Å². The Hall–Kier alpha value is -2.69. The highest BCUT2D eigenvalue weighted by atomic mass is 32.2. The summed E-state index contributed by atoms with van der Waals surface area (Å²) >= 11 is 3.08. The molecule has 36 heavy (non-hydrogen) atoms. The van der Waals surface area contributed by atoms with Crippen molar-refractivity contribution in [2.75, 3.05) is 23.7 Å². The number of oxazole rings is 1. The first-order valence-electron chi connectivity index (χ1n) is 12.1. The fraction of sp³-hybridized carbons (Fsp3) is 0.462. The molecule has 0 unspecified atom stereocenters. The first kappa shape index (κ1) is 26.4. The Kier molecular flexibility index (Phi) is 8.48. The molecule has 1 saturated heterocycles. The number of nitrogens with one attached hydrogen (secondary N) is 2. The lowest BCUT2D eigenvalue weighted by molar-refractivity contribution is -0.121. The number of nitrogens with zero attached hydrogens (tertiary/aromatic N) is 3. The van der Waals surface area contributed by atoms with Crippen LogP contribution in [0.4, 0.5) is 10.8 Å². The van der Waals surface area contributed by atoms with Crippen LogP contribution in [0, 0.1) is 5.92 Å². The molecule has 0 saturated carbocycles. The van der Waals surface area contributed by atoms with Gasteiger partial charge in [-0.05, 0) is 43.6 Å². The van der Waals surface area contributed by atoms with Gasteiger partial charge in [-0.2, -0.15) is 0 Å². The second kappa shape index (κ2) is 11.6. The summed E-state index contributed by atoms with van der Waals surface area (Å²) in [5.41, 5.74) is 1.90. The van der Waals surface area contributed by atoms with E-state index in [4.69, 9.17) is 4.42 Å². The van der Waals surface area contributed by atoms with Crippen LogP contribution < -0.4 is 10.6 Å². The van der Waals surface area contributed by atoms with Crippen LogP contribution in [0.1, 0.15) is 57.8 Å². The van der Waals surface area contributed by atoms with Crippen molar-refractivity contribution in [1.29, 1.82) is 0 Å². The standard InChI is InChI=1S/C26H33N5O3S2/c1-17(32)29-20-7-5-6-18(12-20)15-31-10-8-19(9-11-31)24(33)30-25-28-14-23(36-25)35-16-22-27-13-21(34-22)26(2,3)4/h5-7,12-14,19H,8-11,15-16H2,1-4H3,(H,29,32)(H,28,30,33). The summed E-state index contributed by atoms with van der Waals surface area (Å²) in [7, 11) is 0. The molecule has 4 rings (SSSR count). The second-order valence-corrected chi connectivity index (χ2v) is 12.4. The number of piperidine rings is 1. The van der Waals surface area contributed by atoms with Crippen LogP contribution in [0.3, 0.4) is 0 Å². The van der Waals surface area contributed by atoms with Crippen molar-refractivity contribution in [3.05, 3.63) is 53.9 Å². The van der Waals surface area contributed by atoms with Gasteiger partial charge in [0.1, 0.15) is 5.76 Å². The molecular weight excluding hydrogens is 494 g/mol. The van der Waals surface area contributed by atoms with Gasteiger partial charge in [-0.1, -0.05) is 44.2 Å². The molecule has 0 bridgehead atoms. The molecule has 10 heteroatoms. The number of carbonyl (C=O) groups is 2. The maximum atomic E-state index is 12.8. The normalized spacial score (nSPS) is 15.1. The Balaban J connectivity index is 1.22. The highest BCUT2D eigenvalue weighted by Crippen LogP contribution is 2.32. The summed E-state index contributed by atoms with van der Waals surface area (Å²) in [4.78, 5) is 35.2. The van der Waals surface area contributed by atoms with E-state index in [1.165, 1.54) is 18.3 Å². The summed E-state index contributed by atoms with van der Waals surface area (Å²) in [6, 6.07) is 7.91. The minimum Gasteiger partial charge on any atom is -0.444 e. The molecule has 0 radical (unpaired) electrons. The van der Waals surface area contributed by atoms with Crippen molar-refractivity contribution in [1.82, 2.24) is 14.9 Å². The van der Waals surface area contributed by atoms with Crippen molar-refractivity contribution >= 4 is 45.7 Å². The third-order valence-corrected chi connectivity index (χ3v) is 8.05. The number of likely N-dealkylation sites (tertiary alicyclic amines) is 1. The van der Waals surface area contributed by atoms with Gasteiger partial charge in [0.05, 0.1) is 22.4 Å². The Morgan fingerprint density at radius 1 is 1.17 bits per heavy atom. The van der Waals surface area contributed by atoms with E-state index in [1.54, 1.807) is 24.2 Å². The van der Waals surface area contributed by atoms with Crippen LogP contribution in [0.2, 0.25) is 0 Å². The number of amides is 2. The zero-order valence-corrected chi connectivity index (χ0v) is 22.8. The Morgan fingerprint density at radius 2 is 1.94 bits per heavy atom. The molecule has 8 nitrogen and oxygen atoms in total. The summed E-state index contributed by atoms with van der Waals surface area (Å²) in [6.45, 7) is 10.3. The number of hydrogen-bond donors (Lipinski definition) is 2. The van der Waals surface area contributed by atoms with E-state index in [1.807, 2.05) is 18.2 Å². The number of anilines is 2. The molecule has 3 heterocycles. The molecule has 0 spiro atoms. The van der Waals surface area contributed by atoms with Crippen LogP contribution in [0.15, 0.2) is 45.3 Å². The highest BCUT2D eigenvalue weighted by molar-refractivity contribution is 8.00. The number of carbonyl (C=O) groups excluding carboxylic acids is 2. The summed E-state index contributed by atoms with van der Waals surface area (Å²) < 4.78 is 6.86. The third-order valence-electron chi connectivity index (χ3n) is 5.96.